The van der Waals surface area contributed by atoms with Crippen molar-refractivity contribution in [1.82, 2.24) is 9.21 Å². The molecule has 0 amide bonds. The van der Waals surface area contributed by atoms with Gasteiger partial charge in [-0.05, 0) is 47.4 Å². The van der Waals surface area contributed by atoms with Crippen LogP contribution >= 0.6 is 31.9 Å². The van der Waals surface area contributed by atoms with Gasteiger partial charge in [0.1, 0.15) is 4.90 Å². The normalized spacial score (nSPS) is 24.2. The molecular weight excluding hydrogens is 422 g/mol. The second-order valence-corrected chi connectivity index (χ2v) is 9.15. The Hall–Kier alpha value is -0.150. The standard InChI is InChI=1S/C13H17Br2N3O2S/c14-9-6-11(15)13(12(16)7-9)21(19,20)18-5-4-17-3-1-2-10(17)8-18/h6-7,10H,1-5,8,16H2. The summed E-state index contributed by atoms with van der Waals surface area (Å²) in [5, 5.41) is 0. The predicted octanol–water partition coefficient (Wildman–Crippen LogP) is 2.26. The average Bonchev–Trinajstić information content (AvgIpc) is 2.83. The number of rotatable bonds is 2. The Kier molecular flexibility index (Phi) is 4.35. The first-order valence-electron chi connectivity index (χ1n) is 6.88. The number of anilines is 1. The fraction of sp³-hybridized carbons (Fsp3) is 0.538. The lowest BCUT2D eigenvalue weighted by Gasteiger charge is -2.36. The molecule has 2 aliphatic rings. The minimum atomic E-state index is -3.56. The van der Waals surface area contributed by atoms with Gasteiger partial charge >= 0.3 is 0 Å². The van der Waals surface area contributed by atoms with Crippen molar-refractivity contribution in [3.05, 3.63) is 21.1 Å². The Morgan fingerprint density at radius 2 is 1.95 bits per heavy atom. The zero-order valence-electron chi connectivity index (χ0n) is 11.4. The predicted molar refractivity (Wildman–Crippen MR) is 89.6 cm³/mol. The van der Waals surface area contributed by atoms with E-state index in [0.29, 0.717) is 23.6 Å². The third-order valence-corrected chi connectivity index (χ3v) is 7.51. The zero-order chi connectivity index (χ0) is 15.2. The number of fused-ring (bicyclic) bond motifs is 1. The van der Waals surface area contributed by atoms with Crippen molar-refractivity contribution in [3.8, 4) is 0 Å². The van der Waals surface area contributed by atoms with E-state index in [2.05, 4.69) is 36.8 Å². The second-order valence-electron chi connectivity index (χ2n) is 5.50. The lowest BCUT2D eigenvalue weighted by Crippen LogP contribution is -2.52. The van der Waals surface area contributed by atoms with Crippen LogP contribution in [0.3, 0.4) is 0 Å². The van der Waals surface area contributed by atoms with Crippen molar-refractivity contribution in [2.45, 2.75) is 23.8 Å². The monoisotopic (exact) mass is 437 g/mol. The zero-order valence-corrected chi connectivity index (χ0v) is 15.4. The molecule has 1 aromatic rings. The maximum absolute atomic E-state index is 12.9. The lowest BCUT2D eigenvalue weighted by molar-refractivity contribution is 0.158. The number of halogens is 2. The molecule has 0 bridgehead atoms. The smallest absolute Gasteiger partial charge is 0.246 e. The summed E-state index contributed by atoms with van der Waals surface area (Å²) in [6, 6.07) is 3.70. The largest absolute Gasteiger partial charge is 0.398 e. The fourth-order valence-electron chi connectivity index (χ4n) is 3.16. The summed E-state index contributed by atoms with van der Waals surface area (Å²) in [5.41, 5.74) is 6.21. The highest BCUT2D eigenvalue weighted by atomic mass is 79.9. The molecule has 1 aromatic carbocycles. The molecule has 2 heterocycles. The van der Waals surface area contributed by atoms with Gasteiger partial charge in [0.2, 0.25) is 10.0 Å². The summed E-state index contributed by atoms with van der Waals surface area (Å²) in [6.07, 6.45) is 2.23. The number of hydrogen-bond acceptors (Lipinski definition) is 4. The summed E-state index contributed by atoms with van der Waals surface area (Å²) in [4.78, 5) is 2.56. The highest BCUT2D eigenvalue weighted by Crippen LogP contribution is 2.35. The molecule has 8 heteroatoms. The molecule has 0 spiro atoms. The van der Waals surface area contributed by atoms with E-state index < -0.39 is 10.0 Å². The van der Waals surface area contributed by atoms with Gasteiger partial charge in [-0.15, -0.1) is 0 Å². The number of benzene rings is 1. The molecule has 2 N–H and O–H groups in total. The van der Waals surface area contributed by atoms with Crippen molar-refractivity contribution >= 4 is 47.6 Å². The lowest BCUT2D eigenvalue weighted by atomic mass is 10.2. The SMILES string of the molecule is Nc1cc(Br)cc(Br)c1S(=O)(=O)N1CCN2CCCC2C1. The van der Waals surface area contributed by atoms with E-state index in [-0.39, 0.29) is 10.6 Å². The minimum Gasteiger partial charge on any atom is -0.398 e. The van der Waals surface area contributed by atoms with Crippen LogP contribution in [0.4, 0.5) is 5.69 Å². The van der Waals surface area contributed by atoms with Crippen molar-refractivity contribution in [3.63, 3.8) is 0 Å². The van der Waals surface area contributed by atoms with E-state index in [1.165, 1.54) is 0 Å². The first-order valence-corrected chi connectivity index (χ1v) is 9.91. The van der Waals surface area contributed by atoms with Crippen LogP contribution in [0.1, 0.15) is 12.8 Å². The molecule has 0 aliphatic carbocycles. The van der Waals surface area contributed by atoms with Gasteiger partial charge in [0.15, 0.2) is 0 Å². The molecule has 0 radical (unpaired) electrons. The second kappa shape index (κ2) is 5.81. The van der Waals surface area contributed by atoms with Crippen molar-refractivity contribution in [1.29, 1.82) is 0 Å². The Bertz CT molecular complexity index is 642. The molecule has 3 rings (SSSR count). The molecule has 5 nitrogen and oxygen atoms in total. The van der Waals surface area contributed by atoms with Gasteiger partial charge in [-0.2, -0.15) is 4.31 Å². The number of nitrogens with zero attached hydrogens (tertiary/aromatic N) is 2. The third kappa shape index (κ3) is 2.88. The van der Waals surface area contributed by atoms with Crippen LogP contribution < -0.4 is 5.73 Å². The van der Waals surface area contributed by atoms with E-state index >= 15 is 0 Å². The molecule has 2 aliphatic heterocycles. The Morgan fingerprint density at radius 3 is 2.67 bits per heavy atom. The van der Waals surface area contributed by atoms with Gasteiger partial charge in [0.25, 0.3) is 0 Å². The third-order valence-electron chi connectivity index (χ3n) is 4.19. The van der Waals surface area contributed by atoms with Crippen LogP contribution in [0.5, 0.6) is 0 Å². The first-order chi connectivity index (χ1) is 9.89. The number of nitrogens with two attached hydrogens (primary N) is 1. The topological polar surface area (TPSA) is 66.6 Å². The van der Waals surface area contributed by atoms with Gasteiger partial charge in [-0.1, -0.05) is 15.9 Å². The summed E-state index contributed by atoms with van der Waals surface area (Å²) >= 11 is 6.65. The Labute approximate surface area is 141 Å². The number of nitrogen functional groups attached to an aromatic ring is 1. The van der Waals surface area contributed by atoms with Crippen LogP contribution in [0.25, 0.3) is 0 Å². The molecule has 116 valence electrons. The van der Waals surface area contributed by atoms with Crippen LogP contribution in [-0.4, -0.2) is 49.8 Å². The van der Waals surface area contributed by atoms with E-state index in [0.717, 1.165) is 30.4 Å². The fourth-order valence-corrected chi connectivity index (χ4v) is 6.65. The van der Waals surface area contributed by atoms with Crippen LogP contribution in [0.2, 0.25) is 0 Å². The number of piperazine rings is 1. The molecule has 0 saturated carbocycles. The van der Waals surface area contributed by atoms with Gasteiger partial charge in [-0.3, -0.25) is 4.90 Å². The molecular formula is C13H17Br2N3O2S. The van der Waals surface area contributed by atoms with Crippen LogP contribution in [0.15, 0.2) is 26.0 Å². The maximum Gasteiger partial charge on any atom is 0.246 e. The van der Waals surface area contributed by atoms with Crippen LogP contribution in [0, 0.1) is 0 Å². The first kappa shape index (κ1) is 15.7. The van der Waals surface area contributed by atoms with Crippen molar-refractivity contribution < 1.29 is 8.42 Å². The average molecular weight is 439 g/mol. The van der Waals surface area contributed by atoms with E-state index in [1.54, 1.807) is 16.4 Å². The summed E-state index contributed by atoms with van der Waals surface area (Å²) in [7, 11) is -3.56. The summed E-state index contributed by atoms with van der Waals surface area (Å²) in [6.45, 7) is 2.98. The number of hydrogen-bond donors (Lipinski definition) is 1. The molecule has 1 unspecified atom stereocenters. The molecule has 21 heavy (non-hydrogen) atoms. The molecule has 2 saturated heterocycles. The quantitative estimate of drug-likeness (QED) is 0.719. The maximum atomic E-state index is 12.9. The summed E-state index contributed by atoms with van der Waals surface area (Å²) < 4.78 is 28.7. The Balaban J connectivity index is 1.94. The van der Waals surface area contributed by atoms with E-state index in [4.69, 9.17) is 5.73 Å². The summed E-state index contributed by atoms with van der Waals surface area (Å²) in [5.74, 6) is 0. The number of sulfonamides is 1. The van der Waals surface area contributed by atoms with E-state index in [9.17, 15) is 8.42 Å². The highest BCUT2D eigenvalue weighted by molar-refractivity contribution is 9.11. The molecule has 2 fully saturated rings. The van der Waals surface area contributed by atoms with Gasteiger partial charge < -0.3 is 5.73 Å². The molecule has 1 atom stereocenters. The minimum absolute atomic E-state index is 0.178. The van der Waals surface area contributed by atoms with Gasteiger partial charge in [0.05, 0.1) is 5.69 Å². The highest BCUT2D eigenvalue weighted by Gasteiger charge is 2.37. The van der Waals surface area contributed by atoms with Crippen molar-refractivity contribution in [2.24, 2.45) is 0 Å². The van der Waals surface area contributed by atoms with Crippen molar-refractivity contribution in [2.75, 3.05) is 31.9 Å². The molecule has 0 aromatic heterocycles. The Morgan fingerprint density at radius 1 is 1.19 bits per heavy atom. The van der Waals surface area contributed by atoms with Gasteiger partial charge in [-0.25, -0.2) is 8.42 Å². The van der Waals surface area contributed by atoms with E-state index in [1.807, 2.05) is 0 Å². The van der Waals surface area contributed by atoms with Crippen LogP contribution in [-0.2, 0) is 10.0 Å². The van der Waals surface area contributed by atoms with Gasteiger partial charge in [0, 0.05) is 34.6 Å².